The van der Waals surface area contributed by atoms with Crippen molar-refractivity contribution < 1.29 is 9.53 Å². The molecule has 6 nitrogen and oxygen atoms in total. The predicted octanol–water partition coefficient (Wildman–Crippen LogP) is 4.12. The zero-order valence-electron chi connectivity index (χ0n) is 14.9. The molecule has 1 N–H and O–H groups in total. The minimum Gasteiger partial charge on any atom is -0.481 e. The monoisotopic (exact) mass is 368 g/mol. The first-order chi connectivity index (χ1) is 12.6. The number of nitrogens with one attached hydrogen (secondary N) is 1. The highest BCUT2D eigenvalue weighted by molar-refractivity contribution is 7.17. The average molecular weight is 368 g/mol. The molecular formula is C19H20N4O2S. The van der Waals surface area contributed by atoms with Crippen molar-refractivity contribution in [2.24, 2.45) is 0 Å². The first kappa shape index (κ1) is 18.0. The number of aryl methyl sites for hydroxylation is 2. The molecule has 3 aromatic rings. The Morgan fingerprint density at radius 2 is 2.12 bits per heavy atom. The van der Waals surface area contributed by atoms with Gasteiger partial charge in [0.1, 0.15) is 9.88 Å². The first-order valence-electron chi connectivity index (χ1n) is 8.34. The topological polar surface area (TPSA) is 77.0 Å². The van der Waals surface area contributed by atoms with Gasteiger partial charge in [0, 0.05) is 23.5 Å². The molecule has 3 heterocycles. The molecule has 0 saturated carbocycles. The van der Waals surface area contributed by atoms with Crippen LogP contribution in [0.3, 0.4) is 0 Å². The second-order valence-corrected chi connectivity index (χ2v) is 6.76. The van der Waals surface area contributed by atoms with Gasteiger partial charge in [0.15, 0.2) is 0 Å². The van der Waals surface area contributed by atoms with E-state index in [0.29, 0.717) is 22.1 Å². The third kappa shape index (κ3) is 4.05. The molecule has 0 unspecified atom stereocenters. The average Bonchev–Trinajstić information content (AvgIpc) is 3.05. The minimum atomic E-state index is -0.193. The van der Waals surface area contributed by atoms with Crippen LogP contribution in [-0.2, 0) is 6.42 Å². The smallest absolute Gasteiger partial charge is 0.267 e. The summed E-state index contributed by atoms with van der Waals surface area (Å²) in [5.74, 6) is 0.306. The molecule has 0 radical (unpaired) electrons. The number of ether oxygens (including phenoxy) is 1. The van der Waals surface area contributed by atoms with Crippen LogP contribution >= 0.6 is 11.3 Å². The molecule has 3 rings (SSSR count). The van der Waals surface area contributed by atoms with E-state index in [0.717, 1.165) is 29.1 Å². The predicted molar refractivity (Wildman–Crippen MR) is 103 cm³/mol. The van der Waals surface area contributed by atoms with Crippen LogP contribution in [0.1, 0.15) is 34.4 Å². The molecule has 0 spiro atoms. The normalized spacial score (nSPS) is 10.6. The van der Waals surface area contributed by atoms with Gasteiger partial charge in [-0.25, -0.2) is 9.97 Å². The lowest BCUT2D eigenvalue weighted by Gasteiger charge is -2.04. The van der Waals surface area contributed by atoms with Gasteiger partial charge in [0.2, 0.25) is 5.88 Å². The molecule has 3 aromatic heterocycles. The number of hydrogen-bond donors (Lipinski definition) is 1. The number of pyridine rings is 2. The van der Waals surface area contributed by atoms with Crippen molar-refractivity contribution in [1.29, 1.82) is 0 Å². The van der Waals surface area contributed by atoms with E-state index in [4.69, 9.17) is 4.74 Å². The van der Waals surface area contributed by atoms with E-state index in [1.165, 1.54) is 11.3 Å². The van der Waals surface area contributed by atoms with Crippen molar-refractivity contribution in [3.05, 3.63) is 52.9 Å². The SMILES string of the molecule is CCCc1cc(-c2nc(C)c(C(=O)Nc3ccc(OC)nc3)s2)ccn1. The maximum absolute atomic E-state index is 12.6. The Morgan fingerprint density at radius 1 is 1.27 bits per heavy atom. The Labute approximate surface area is 156 Å². The number of nitrogens with zero attached hydrogens (tertiary/aromatic N) is 3. The molecule has 0 aromatic carbocycles. The van der Waals surface area contributed by atoms with Gasteiger partial charge < -0.3 is 10.1 Å². The fourth-order valence-corrected chi connectivity index (χ4v) is 3.46. The highest BCUT2D eigenvalue weighted by Crippen LogP contribution is 2.29. The van der Waals surface area contributed by atoms with E-state index in [1.54, 1.807) is 31.6 Å². The van der Waals surface area contributed by atoms with Gasteiger partial charge in [0.25, 0.3) is 5.91 Å². The number of aromatic nitrogens is 3. The number of anilines is 1. The fourth-order valence-electron chi connectivity index (χ4n) is 2.50. The lowest BCUT2D eigenvalue weighted by molar-refractivity contribution is 0.102. The van der Waals surface area contributed by atoms with Crippen LogP contribution in [0.5, 0.6) is 5.88 Å². The van der Waals surface area contributed by atoms with Crippen LogP contribution in [0.15, 0.2) is 36.7 Å². The molecule has 0 aliphatic heterocycles. The molecule has 0 bridgehead atoms. The summed E-state index contributed by atoms with van der Waals surface area (Å²) in [4.78, 5) is 26.2. The quantitative estimate of drug-likeness (QED) is 0.708. The van der Waals surface area contributed by atoms with Gasteiger partial charge in [-0.05, 0) is 31.5 Å². The fraction of sp³-hybridized carbons (Fsp3) is 0.263. The highest BCUT2D eigenvalue weighted by Gasteiger charge is 2.17. The summed E-state index contributed by atoms with van der Waals surface area (Å²) in [6.07, 6.45) is 5.32. The van der Waals surface area contributed by atoms with Crippen molar-refractivity contribution in [1.82, 2.24) is 15.0 Å². The van der Waals surface area contributed by atoms with Crippen LogP contribution in [0.4, 0.5) is 5.69 Å². The Kier molecular flexibility index (Phi) is 5.58. The summed E-state index contributed by atoms with van der Waals surface area (Å²) < 4.78 is 5.02. The Balaban J connectivity index is 1.80. The van der Waals surface area contributed by atoms with Gasteiger partial charge in [0.05, 0.1) is 24.7 Å². The summed E-state index contributed by atoms with van der Waals surface area (Å²) in [5.41, 5.74) is 3.34. The van der Waals surface area contributed by atoms with E-state index in [2.05, 4.69) is 27.2 Å². The second-order valence-electron chi connectivity index (χ2n) is 5.76. The zero-order chi connectivity index (χ0) is 18.5. The number of carbonyl (C=O) groups excluding carboxylic acids is 1. The van der Waals surface area contributed by atoms with Crippen LogP contribution in [0, 0.1) is 6.92 Å². The second kappa shape index (κ2) is 8.05. The largest absolute Gasteiger partial charge is 0.481 e. The summed E-state index contributed by atoms with van der Waals surface area (Å²) >= 11 is 1.38. The molecule has 0 fully saturated rings. The lowest BCUT2D eigenvalue weighted by Crippen LogP contribution is -2.11. The standard InChI is InChI=1S/C19H20N4O2S/c1-4-5-14-10-13(8-9-20-14)19-22-12(2)17(26-19)18(24)23-15-6-7-16(25-3)21-11-15/h6-11H,4-5H2,1-3H3,(H,23,24). The van der Waals surface area contributed by atoms with Gasteiger partial charge in [-0.1, -0.05) is 13.3 Å². The van der Waals surface area contributed by atoms with Gasteiger partial charge in [-0.15, -0.1) is 11.3 Å². The summed E-state index contributed by atoms with van der Waals surface area (Å²) in [6.45, 7) is 3.97. The van der Waals surface area contributed by atoms with Crippen molar-refractivity contribution in [2.75, 3.05) is 12.4 Å². The van der Waals surface area contributed by atoms with Gasteiger partial charge >= 0.3 is 0 Å². The molecular weight excluding hydrogens is 348 g/mol. The van der Waals surface area contributed by atoms with E-state index < -0.39 is 0 Å². The molecule has 0 aliphatic rings. The van der Waals surface area contributed by atoms with Gasteiger partial charge in [-0.3, -0.25) is 9.78 Å². The Morgan fingerprint density at radius 3 is 2.81 bits per heavy atom. The van der Waals surface area contributed by atoms with E-state index >= 15 is 0 Å². The van der Waals surface area contributed by atoms with Crippen LogP contribution in [-0.4, -0.2) is 28.0 Å². The number of thiazole rings is 1. The van der Waals surface area contributed by atoms with Crippen molar-refractivity contribution in [3.63, 3.8) is 0 Å². The van der Waals surface area contributed by atoms with E-state index in [1.807, 2.05) is 19.1 Å². The van der Waals surface area contributed by atoms with Crippen LogP contribution in [0.25, 0.3) is 10.6 Å². The molecule has 26 heavy (non-hydrogen) atoms. The van der Waals surface area contributed by atoms with Gasteiger partial charge in [-0.2, -0.15) is 0 Å². The molecule has 0 saturated heterocycles. The van der Waals surface area contributed by atoms with E-state index in [-0.39, 0.29) is 5.91 Å². The number of hydrogen-bond acceptors (Lipinski definition) is 6. The van der Waals surface area contributed by atoms with Crippen molar-refractivity contribution in [2.45, 2.75) is 26.7 Å². The number of amides is 1. The summed E-state index contributed by atoms with van der Waals surface area (Å²) in [7, 11) is 1.55. The number of methoxy groups -OCH3 is 1. The summed E-state index contributed by atoms with van der Waals surface area (Å²) in [5, 5.41) is 3.67. The number of carbonyl (C=O) groups is 1. The Bertz CT molecular complexity index is 906. The molecule has 1 amide bonds. The third-order valence-corrected chi connectivity index (χ3v) is 4.98. The third-order valence-electron chi connectivity index (χ3n) is 3.78. The summed E-state index contributed by atoms with van der Waals surface area (Å²) in [6, 6.07) is 7.41. The molecule has 0 atom stereocenters. The molecule has 134 valence electrons. The van der Waals surface area contributed by atoms with Crippen LogP contribution in [0.2, 0.25) is 0 Å². The molecule has 7 heteroatoms. The lowest BCUT2D eigenvalue weighted by atomic mass is 10.2. The van der Waals surface area contributed by atoms with E-state index in [9.17, 15) is 4.79 Å². The first-order valence-corrected chi connectivity index (χ1v) is 9.16. The number of rotatable bonds is 6. The molecule has 0 aliphatic carbocycles. The maximum Gasteiger partial charge on any atom is 0.267 e. The van der Waals surface area contributed by atoms with Crippen LogP contribution < -0.4 is 10.1 Å². The zero-order valence-corrected chi connectivity index (χ0v) is 15.8. The maximum atomic E-state index is 12.6. The van der Waals surface area contributed by atoms with Crippen molar-refractivity contribution in [3.8, 4) is 16.5 Å². The highest BCUT2D eigenvalue weighted by atomic mass is 32.1. The minimum absolute atomic E-state index is 0.193. The Hall–Kier alpha value is -2.80. The van der Waals surface area contributed by atoms with Crippen molar-refractivity contribution >= 4 is 22.9 Å².